The lowest BCUT2D eigenvalue weighted by Crippen LogP contribution is -2.51. The molecule has 1 aromatic rings. The number of thiocarbonyl (C=S) groups is 1. The molecular formula is C17H25N5O5S. The maximum absolute atomic E-state index is 5.73. The van der Waals surface area contributed by atoms with E-state index in [0.717, 1.165) is 0 Å². The number of nitrogens with one attached hydrogen (secondary N) is 1. The van der Waals surface area contributed by atoms with Crippen LogP contribution >= 0.6 is 12.2 Å². The summed E-state index contributed by atoms with van der Waals surface area (Å²) in [5.41, 5.74) is 0. The van der Waals surface area contributed by atoms with Gasteiger partial charge in [-0.1, -0.05) is 25.3 Å². The van der Waals surface area contributed by atoms with Crippen molar-refractivity contribution in [3.8, 4) is 18.0 Å². The Morgan fingerprint density at radius 3 is 2.36 bits per heavy atom. The SMILES string of the molecule is C=CCOc1nc(OCC=C)nc(OCC2CN(C(=S)NCOC)CCO2)n1. The zero-order valence-corrected chi connectivity index (χ0v) is 16.7. The third kappa shape index (κ3) is 7.25. The molecule has 1 aliphatic heterocycles. The van der Waals surface area contributed by atoms with E-state index >= 15 is 0 Å². The van der Waals surface area contributed by atoms with Crippen molar-refractivity contribution in [3.63, 3.8) is 0 Å². The highest BCUT2D eigenvalue weighted by molar-refractivity contribution is 7.80. The Balaban J connectivity index is 1.94. The van der Waals surface area contributed by atoms with Crippen LogP contribution in [0.1, 0.15) is 0 Å². The Bertz CT molecular complexity index is 633. The Labute approximate surface area is 169 Å². The zero-order valence-electron chi connectivity index (χ0n) is 15.8. The van der Waals surface area contributed by atoms with Gasteiger partial charge < -0.3 is 33.9 Å². The first-order valence-corrected chi connectivity index (χ1v) is 9.06. The number of aromatic nitrogens is 3. The summed E-state index contributed by atoms with van der Waals surface area (Å²) in [6.45, 7) is 10.0. The van der Waals surface area contributed by atoms with E-state index in [1.165, 1.54) is 0 Å². The minimum atomic E-state index is -0.206. The highest BCUT2D eigenvalue weighted by Crippen LogP contribution is 2.16. The second-order valence-corrected chi connectivity index (χ2v) is 5.93. The predicted molar refractivity (Wildman–Crippen MR) is 106 cm³/mol. The minimum absolute atomic E-state index is 0.0777. The van der Waals surface area contributed by atoms with Gasteiger partial charge in [-0.15, -0.1) is 15.0 Å². The van der Waals surface area contributed by atoms with Crippen molar-refractivity contribution in [3.05, 3.63) is 25.3 Å². The van der Waals surface area contributed by atoms with E-state index in [2.05, 4.69) is 33.4 Å². The molecule has 2 heterocycles. The van der Waals surface area contributed by atoms with Gasteiger partial charge in [0.25, 0.3) is 0 Å². The summed E-state index contributed by atoms with van der Waals surface area (Å²) in [5.74, 6) is 0. The maximum Gasteiger partial charge on any atom is 0.326 e. The first kappa shape index (κ1) is 21.8. The Kier molecular flexibility index (Phi) is 9.39. The second-order valence-electron chi connectivity index (χ2n) is 5.55. The first-order valence-electron chi connectivity index (χ1n) is 8.65. The Morgan fingerprint density at radius 1 is 1.18 bits per heavy atom. The predicted octanol–water partition coefficient (Wildman–Crippen LogP) is 0.559. The van der Waals surface area contributed by atoms with E-state index in [1.54, 1.807) is 19.3 Å². The summed E-state index contributed by atoms with van der Waals surface area (Å²) in [4.78, 5) is 14.3. The van der Waals surface area contributed by atoms with Crippen LogP contribution in [0.5, 0.6) is 18.0 Å². The molecule has 1 fully saturated rings. The van der Waals surface area contributed by atoms with E-state index < -0.39 is 0 Å². The van der Waals surface area contributed by atoms with Gasteiger partial charge in [0.1, 0.15) is 32.7 Å². The molecule has 1 atom stereocenters. The number of hydrogen-bond acceptors (Lipinski definition) is 9. The Morgan fingerprint density at radius 2 is 1.79 bits per heavy atom. The molecular weight excluding hydrogens is 386 g/mol. The van der Waals surface area contributed by atoms with Gasteiger partial charge in [0.2, 0.25) is 0 Å². The molecule has 10 nitrogen and oxygen atoms in total. The zero-order chi connectivity index (χ0) is 20.2. The number of morpholine rings is 1. The highest BCUT2D eigenvalue weighted by atomic mass is 32.1. The molecule has 0 radical (unpaired) electrons. The number of nitrogens with zero attached hydrogens (tertiary/aromatic N) is 4. The van der Waals surface area contributed by atoms with Crippen molar-refractivity contribution in [1.29, 1.82) is 0 Å². The van der Waals surface area contributed by atoms with Gasteiger partial charge in [0.05, 0.1) is 6.61 Å². The third-order valence-electron chi connectivity index (χ3n) is 3.43. The number of methoxy groups -OCH3 is 1. The van der Waals surface area contributed by atoms with Gasteiger partial charge in [-0.25, -0.2) is 0 Å². The smallest absolute Gasteiger partial charge is 0.326 e. The summed E-state index contributed by atoms with van der Waals surface area (Å²) in [6.07, 6.45) is 2.96. The molecule has 2 rings (SSSR count). The van der Waals surface area contributed by atoms with Crippen molar-refractivity contribution < 1.29 is 23.7 Å². The third-order valence-corrected chi connectivity index (χ3v) is 3.83. The average molecular weight is 411 g/mol. The summed E-state index contributed by atoms with van der Waals surface area (Å²) in [7, 11) is 1.60. The van der Waals surface area contributed by atoms with E-state index in [0.29, 0.717) is 31.5 Å². The standard InChI is InChI=1S/C17H25N5O5S/c1-4-7-25-14-19-15(26-8-5-2)21-16(20-14)27-11-13-10-22(6-9-24-13)17(28)18-12-23-3/h4-5,13H,1-2,6-12H2,3H3,(H,18,28). The number of hydrogen-bond donors (Lipinski definition) is 1. The molecule has 0 aliphatic carbocycles. The van der Waals surface area contributed by atoms with Crippen LogP contribution in [0, 0.1) is 0 Å². The lowest BCUT2D eigenvalue weighted by molar-refractivity contribution is -0.0309. The van der Waals surface area contributed by atoms with Gasteiger partial charge in [-0.05, 0) is 12.2 Å². The van der Waals surface area contributed by atoms with Crippen molar-refractivity contribution in [2.24, 2.45) is 0 Å². The van der Waals surface area contributed by atoms with E-state index in [9.17, 15) is 0 Å². The fraction of sp³-hybridized carbons (Fsp3) is 0.529. The topological polar surface area (TPSA) is 100 Å². The molecule has 0 saturated carbocycles. The Hall–Kier alpha value is -2.50. The maximum atomic E-state index is 5.73. The molecule has 1 N–H and O–H groups in total. The monoisotopic (exact) mass is 411 g/mol. The van der Waals surface area contributed by atoms with Crippen LogP contribution in [0.3, 0.4) is 0 Å². The van der Waals surface area contributed by atoms with Crippen molar-refractivity contribution in [1.82, 2.24) is 25.2 Å². The van der Waals surface area contributed by atoms with Crippen molar-refractivity contribution in [2.75, 3.05) is 53.4 Å². The summed E-state index contributed by atoms with van der Waals surface area (Å²) in [5, 5.41) is 3.61. The number of ether oxygens (including phenoxy) is 5. The van der Waals surface area contributed by atoms with E-state index in [1.807, 2.05) is 4.90 Å². The van der Waals surface area contributed by atoms with E-state index in [4.69, 9.17) is 35.9 Å². The van der Waals surface area contributed by atoms with E-state index in [-0.39, 0.29) is 44.0 Å². The van der Waals surface area contributed by atoms with Gasteiger partial charge in [-0.3, -0.25) is 0 Å². The quantitative estimate of drug-likeness (QED) is 0.314. The molecule has 0 aromatic carbocycles. The molecule has 1 saturated heterocycles. The fourth-order valence-electron chi connectivity index (χ4n) is 2.20. The van der Waals surface area contributed by atoms with Crippen LogP contribution < -0.4 is 19.5 Å². The van der Waals surface area contributed by atoms with Gasteiger partial charge in [0.15, 0.2) is 5.11 Å². The molecule has 1 aliphatic rings. The summed E-state index contributed by atoms with van der Waals surface area (Å²) >= 11 is 5.34. The van der Waals surface area contributed by atoms with Crippen LogP contribution in [0.15, 0.2) is 25.3 Å². The van der Waals surface area contributed by atoms with Gasteiger partial charge in [0, 0.05) is 20.2 Å². The average Bonchev–Trinajstić information content (AvgIpc) is 2.73. The summed E-state index contributed by atoms with van der Waals surface area (Å²) in [6, 6.07) is 0.245. The van der Waals surface area contributed by atoms with Crippen LogP contribution in [-0.4, -0.2) is 84.4 Å². The first-order chi connectivity index (χ1) is 13.7. The van der Waals surface area contributed by atoms with Crippen LogP contribution in [0.2, 0.25) is 0 Å². The molecule has 154 valence electrons. The van der Waals surface area contributed by atoms with Gasteiger partial charge >= 0.3 is 18.0 Å². The lowest BCUT2D eigenvalue weighted by atomic mass is 10.3. The molecule has 1 unspecified atom stereocenters. The molecule has 28 heavy (non-hydrogen) atoms. The molecule has 11 heteroatoms. The van der Waals surface area contributed by atoms with Crippen LogP contribution in [0.25, 0.3) is 0 Å². The molecule has 0 spiro atoms. The van der Waals surface area contributed by atoms with Crippen molar-refractivity contribution >= 4 is 17.3 Å². The van der Waals surface area contributed by atoms with Crippen LogP contribution in [0.4, 0.5) is 0 Å². The fourth-order valence-corrected chi connectivity index (χ4v) is 2.42. The van der Waals surface area contributed by atoms with Gasteiger partial charge in [-0.2, -0.15) is 0 Å². The molecule has 1 aromatic heterocycles. The van der Waals surface area contributed by atoms with Crippen LogP contribution in [-0.2, 0) is 9.47 Å². The number of rotatable bonds is 11. The summed E-state index contributed by atoms with van der Waals surface area (Å²) < 4.78 is 27.1. The molecule has 0 bridgehead atoms. The largest absolute Gasteiger partial charge is 0.460 e. The second kappa shape index (κ2) is 12.1. The molecule has 0 amide bonds. The minimum Gasteiger partial charge on any atom is -0.460 e. The highest BCUT2D eigenvalue weighted by Gasteiger charge is 2.23. The lowest BCUT2D eigenvalue weighted by Gasteiger charge is -2.34. The van der Waals surface area contributed by atoms with Crippen molar-refractivity contribution in [2.45, 2.75) is 6.10 Å². The normalized spacial score (nSPS) is 16.2.